The van der Waals surface area contributed by atoms with Gasteiger partial charge in [-0.05, 0) is 12.3 Å². The van der Waals surface area contributed by atoms with E-state index < -0.39 is 16.8 Å². The maximum Gasteiger partial charge on any atom is 0.320 e. The zero-order valence-corrected chi connectivity index (χ0v) is 8.20. The van der Waals surface area contributed by atoms with E-state index in [0.29, 0.717) is 12.8 Å². The van der Waals surface area contributed by atoms with E-state index in [0.717, 1.165) is 6.29 Å². The predicted molar refractivity (Wildman–Crippen MR) is 46.4 cm³/mol. The number of Topliss-reactive ketones (excluding diaryl/α,β-unsaturated/α-hetero) is 1. The second-order valence-corrected chi connectivity index (χ2v) is 4.21. The summed E-state index contributed by atoms with van der Waals surface area (Å²) >= 11 is 0. The van der Waals surface area contributed by atoms with Crippen molar-refractivity contribution in [3.05, 3.63) is 0 Å². The highest BCUT2D eigenvalue weighted by Crippen LogP contribution is 2.74. The third-order valence-corrected chi connectivity index (χ3v) is 3.87. The summed E-state index contributed by atoms with van der Waals surface area (Å²) in [5.74, 6) is -0.809. The maximum atomic E-state index is 11.7. The first-order valence-electron chi connectivity index (χ1n) is 4.63. The first-order chi connectivity index (χ1) is 6.55. The van der Waals surface area contributed by atoms with Gasteiger partial charge < -0.3 is 9.53 Å². The van der Waals surface area contributed by atoms with Crippen LogP contribution in [0.25, 0.3) is 0 Å². The van der Waals surface area contributed by atoms with E-state index >= 15 is 0 Å². The lowest BCUT2D eigenvalue weighted by molar-refractivity contribution is -0.153. The lowest BCUT2D eigenvalue weighted by Gasteiger charge is -2.13. The quantitative estimate of drug-likeness (QED) is 0.363. The van der Waals surface area contributed by atoms with Crippen molar-refractivity contribution >= 4 is 18.0 Å². The van der Waals surface area contributed by atoms with Crippen LogP contribution in [0.1, 0.15) is 19.8 Å². The Kier molecular flexibility index (Phi) is 1.63. The zero-order chi connectivity index (χ0) is 10.6. The number of ketones is 1. The Morgan fingerprint density at radius 2 is 2.29 bits per heavy atom. The molecule has 0 aromatic carbocycles. The van der Waals surface area contributed by atoms with Gasteiger partial charge in [-0.2, -0.15) is 0 Å². The molecule has 3 unspecified atom stereocenters. The summed E-state index contributed by atoms with van der Waals surface area (Å²) in [7, 11) is 1.25. The van der Waals surface area contributed by atoms with Gasteiger partial charge in [0.1, 0.15) is 11.7 Å². The van der Waals surface area contributed by atoms with Crippen LogP contribution in [0, 0.1) is 16.7 Å². The lowest BCUT2D eigenvalue weighted by atomic mass is 9.90. The number of hydrogen-bond donors (Lipinski definition) is 0. The number of carbonyl (C=O) groups excluding carboxylic acids is 3. The molecule has 0 aromatic heterocycles. The third kappa shape index (κ3) is 0.656. The molecule has 0 amide bonds. The fraction of sp³-hybridized carbons (Fsp3) is 0.700. The summed E-state index contributed by atoms with van der Waals surface area (Å²) in [6.07, 6.45) is 1.75. The molecule has 76 valence electrons. The molecule has 2 rings (SSSR count). The minimum Gasteiger partial charge on any atom is -0.468 e. The van der Waals surface area contributed by atoms with Gasteiger partial charge >= 0.3 is 5.97 Å². The Morgan fingerprint density at radius 3 is 2.71 bits per heavy atom. The third-order valence-electron chi connectivity index (χ3n) is 3.87. The molecule has 3 atom stereocenters. The number of methoxy groups -OCH3 is 1. The van der Waals surface area contributed by atoms with Crippen LogP contribution in [-0.4, -0.2) is 25.1 Å². The number of esters is 1. The number of hydrogen-bond acceptors (Lipinski definition) is 4. The number of rotatable bonds is 2. The van der Waals surface area contributed by atoms with Crippen LogP contribution in [-0.2, 0) is 19.1 Å². The van der Waals surface area contributed by atoms with Crippen LogP contribution in [0.3, 0.4) is 0 Å². The second-order valence-electron chi connectivity index (χ2n) is 4.21. The number of fused-ring (bicyclic) bond motifs is 1. The molecule has 0 radical (unpaired) electrons. The molecule has 2 aliphatic rings. The normalized spacial score (nSPS) is 44.4. The van der Waals surface area contributed by atoms with E-state index in [9.17, 15) is 14.4 Å². The summed E-state index contributed by atoms with van der Waals surface area (Å²) in [6, 6.07) is 0. The Hall–Kier alpha value is -1.19. The van der Waals surface area contributed by atoms with Gasteiger partial charge in [-0.15, -0.1) is 0 Å². The van der Waals surface area contributed by atoms with Crippen molar-refractivity contribution < 1.29 is 19.1 Å². The van der Waals surface area contributed by atoms with E-state index in [1.54, 1.807) is 6.92 Å². The van der Waals surface area contributed by atoms with Crippen LogP contribution >= 0.6 is 0 Å². The molecule has 2 aliphatic carbocycles. The molecule has 4 nitrogen and oxygen atoms in total. The standard InChI is InChI=1S/C10H12O4/c1-9(5-11)6-3-4-7(12)10(6,9)8(13)14-2/h5-6H,3-4H2,1-2H3. The monoisotopic (exact) mass is 196 g/mol. The topological polar surface area (TPSA) is 60.4 Å². The highest BCUT2D eigenvalue weighted by molar-refractivity contribution is 6.14. The fourth-order valence-corrected chi connectivity index (χ4v) is 3.03. The summed E-state index contributed by atoms with van der Waals surface area (Å²) in [4.78, 5) is 34.1. The summed E-state index contributed by atoms with van der Waals surface area (Å²) in [5.41, 5.74) is -1.95. The van der Waals surface area contributed by atoms with Crippen molar-refractivity contribution in [3.63, 3.8) is 0 Å². The van der Waals surface area contributed by atoms with Gasteiger partial charge in [-0.1, -0.05) is 6.92 Å². The van der Waals surface area contributed by atoms with Gasteiger partial charge in [0.25, 0.3) is 0 Å². The Labute approximate surface area is 81.6 Å². The summed E-state index contributed by atoms with van der Waals surface area (Å²) in [5, 5.41) is 0. The first kappa shape index (κ1) is 9.37. The minimum atomic E-state index is -1.14. The molecule has 2 saturated carbocycles. The van der Waals surface area contributed by atoms with E-state index in [-0.39, 0.29) is 11.7 Å². The SMILES string of the molecule is COC(=O)C12C(=O)CCC1C2(C)C=O. The molecule has 0 N–H and O–H groups in total. The molecule has 0 aliphatic heterocycles. The Bertz CT molecular complexity index is 335. The van der Waals surface area contributed by atoms with Crippen LogP contribution in [0.4, 0.5) is 0 Å². The van der Waals surface area contributed by atoms with Crippen molar-refractivity contribution in [2.45, 2.75) is 19.8 Å². The van der Waals surface area contributed by atoms with Crippen molar-refractivity contribution in [2.24, 2.45) is 16.7 Å². The maximum absolute atomic E-state index is 11.7. The molecule has 0 spiro atoms. The second kappa shape index (κ2) is 2.43. The van der Waals surface area contributed by atoms with Crippen LogP contribution in [0.5, 0.6) is 0 Å². The molecule has 4 heteroatoms. The van der Waals surface area contributed by atoms with Crippen molar-refractivity contribution in [3.8, 4) is 0 Å². The molecule has 2 fully saturated rings. The number of ether oxygens (including phenoxy) is 1. The fourth-order valence-electron chi connectivity index (χ4n) is 3.03. The van der Waals surface area contributed by atoms with Crippen LogP contribution < -0.4 is 0 Å². The van der Waals surface area contributed by atoms with Gasteiger partial charge in [0.2, 0.25) is 0 Å². The Balaban J connectivity index is 2.45. The molecular formula is C10H12O4. The number of aldehydes is 1. The first-order valence-corrected chi connectivity index (χ1v) is 4.63. The highest BCUT2D eigenvalue weighted by atomic mass is 16.5. The van der Waals surface area contributed by atoms with Crippen LogP contribution in [0.2, 0.25) is 0 Å². The van der Waals surface area contributed by atoms with Gasteiger partial charge in [0, 0.05) is 6.42 Å². The smallest absolute Gasteiger partial charge is 0.320 e. The van der Waals surface area contributed by atoms with E-state index in [2.05, 4.69) is 4.74 Å². The van der Waals surface area contributed by atoms with Crippen molar-refractivity contribution in [2.75, 3.05) is 7.11 Å². The highest BCUT2D eigenvalue weighted by Gasteiger charge is 2.84. The molecule has 0 heterocycles. The van der Waals surface area contributed by atoms with E-state index in [4.69, 9.17) is 0 Å². The minimum absolute atomic E-state index is 0.132. The van der Waals surface area contributed by atoms with Gasteiger partial charge in [0.05, 0.1) is 12.5 Å². The molecular weight excluding hydrogens is 184 g/mol. The average molecular weight is 196 g/mol. The van der Waals surface area contributed by atoms with E-state index in [1.807, 2.05) is 0 Å². The van der Waals surface area contributed by atoms with Crippen LogP contribution in [0.15, 0.2) is 0 Å². The Morgan fingerprint density at radius 1 is 1.64 bits per heavy atom. The zero-order valence-electron chi connectivity index (χ0n) is 8.20. The van der Waals surface area contributed by atoms with Crippen molar-refractivity contribution in [1.29, 1.82) is 0 Å². The predicted octanol–water partition coefficient (Wildman–Crippen LogP) is 0.344. The molecule has 0 saturated heterocycles. The largest absolute Gasteiger partial charge is 0.468 e. The lowest BCUT2D eigenvalue weighted by Crippen LogP contribution is -2.31. The molecule has 0 bridgehead atoms. The van der Waals surface area contributed by atoms with Gasteiger partial charge in [-0.25, -0.2) is 0 Å². The summed E-state index contributed by atoms with van der Waals surface area (Å²) in [6.45, 7) is 1.67. The van der Waals surface area contributed by atoms with E-state index in [1.165, 1.54) is 7.11 Å². The molecule has 0 aromatic rings. The van der Waals surface area contributed by atoms with Gasteiger partial charge in [-0.3, -0.25) is 9.59 Å². The van der Waals surface area contributed by atoms with Gasteiger partial charge in [0.15, 0.2) is 5.78 Å². The molecule has 14 heavy (non-hydrogen) atoms. The average Bonchev–Trinajstić information content (AvgIpc) is 2.53. The number of carbonyl (C=O) groups is 3. The van der Waals surface area contributed by atoms with Crippen molar-refractivity contribution in [1.82, 2.24) is 0 Å². The summed E-state index contributed by atoms with van der Waals surface area (Å²) < 4.78 is 4.63.